The predicted octanol–water partition coefficient (Wildman–Crippen LogP) is 8.88. The average molecular weight is 377 g/mol. The monoisotopic (exact) mass is 376 g/mol. The molecule has 0 heterocycles. The fourth-order valence-corrected chi connectivity index (χ4v) is 3.33. The maximum absolute atomic E-state index is 2.28. The molecule has 0 unspecified atom stereocenters. The Morgan fingerprint density at radius 1 is 0.464 bits per heavy atom. The molecule has 152 valence electrons. The summed E-state index contributed by atoms with van der Waals surface area (Å²) in [5, 5.41) is 0. The molecule has 3 aromatic rings. The topological polar surface area (TPSA) is 0 Å². The second-order valence-electron chi connectivity index (χ2n) is 5.42. The van der Waals surface area contributed by atoms with E-state index < -0.39 is 0 Å². The first-order chi connectivity index (χ1) is 13.9. The zero-order chi connectivity index (χ0) is 21.4. The summed E-state index contributed by atoms with van der Waals surface area (Å²) in [5.74, 6) is 0.373. The van der Waals surface area contributed by atoms with Gasteiger partial charge in [0.05, 0.1) is 0 Å². The highest BCUT2D eigenvalue weighted by molar-refractivity contribution is 5.54. The molecule has 1 aliphatic rings. The van der Waals surface area contributed by atoms with E-state index in [2.05, 4.69) is 78.9 Å². The fraction of sp³-hybridized carbons (Fsp3) is 0.357. The van der Waals surface area contributed by atoms with E-state index in [9.17, 15) is 0 Å². The van der Waals surface area contributed by atoms with Crippen molar-refractivity contribution in [3.05, 3.63) is 107 Å². The van der Waals surface area contributed by atoms with Crippen LogP contribution in [0.4, 0.5) is 0 Å². The highest BCUT2D eigenvalue weighted by atomic mass is 14.3. The quantitative estimate of drug-likeness (QED) is 0.311. The molecule has 0 atom stereocenters. The van der Waals surface area contributed by atoms with Crippen LogP contribution in [0.2, 0.25) is 0 Å². The van der Waals surface area contributed by atoms with Crippen molar-refractivity contribution in [3.8, 4) is 0 Å². The highest BCUT2D eigenvalue weighted by Gasteiger charge is 2.25. The third kappa shape index (κ3) is 6.37. The highest BCUT2D eigenvalue weighted by Crippen LogP contribution is 2.40. The summed E-state index contributed by atoms with van der Waals surface area (Å²) in [6, 6.07) is 28.5. The van der Waals surface area contributed by atoms with Crippen LogP contribution in [0.25, 0.3) is 0 Å². The van der Waals surface area contributed by atoms with Gasteiger partial charge in [0.1, 0.15) is 0 Å². The number of fused-ring (bicyclic) bond motifs is 2. The molecule has 0 amide bonds. The van der Waals surface area contributed by atoms with Crippen LogP contribution in [-0.2, 0) is 6.42 Å². The van der Waals surface area contributed by atoms with E-state index in [4.69, 9.17) is 0 Å². The lowest BCUT2D eigenvalue weighted by Gasteiger charge is -2.29. The summed E-state index contributed by atoms with van der Waals surface area (Å²) in [6.07, 6.45) is 1.05. The molecule has 3 aromatic carbocycles. The van der Waals surface area contributed by atoms with Crippen molar-refractivity contribution in [2.24, 2.45) is 0 Å². The summed E-state index contributed by atoms with van der Waals surface area (Å²) < 4.78 is 0. The summed E-state index contributed by atoms with van der Waals surface area (Å²) in [6.45, 7) is 16.0. The first-order valence-electron chi connectivity index (χ1n) is 11.1. The summed E-state index contributed by atoms with van der Waals surface area (Å²) in [5.41, 5.74) is 7.21. The van der Waals surface area contributed by atoms with Crippen LogP contribution in [0, 0.1) is 0 Å². The second kappa shape index (κ2) is 15.7. The Labute approximate surface area is 174 Å². The van der Waals surface area contributed by atoms with Gasteiger partial charge in [-0.15, -0.1) is 0 Å². The molecule has 0 spiro atoms. The van der Waals surface area contributed by atoms with Gasteiger partial charge in [0.15, 0.2) is 0 Å². The molecule has 0 aromatic heterocycles. The predicted molar refractivity (Wildman–Crippen MR) is 128 cm³/mol. The van der Waals surface area contributed by atoms with Gasteiger partial charge in [0.25, 0.3) is 0 Å². The zero-order valence-electron chi connectivity index (χ0n) is 19.3. The van der Waals surface area contributed by atoms with Crippen LogP contribution in [0.3, 0.4) is 0 Å². The minimum atomic E-state index is 0.373. The van der Waals surface area contributed by atoms with E-state index in [-0.39, 0.29) is 0 Å². The Morgan fingerprint density at radius 3 is 1.25 bits per heavy atom. The largest absolute Gasteiger partial charge is 0.0683 e. The molecule has 0 N–H and O–H groups in total. The lowest BCUT2D eigenvalue weighted by Crippen LogP contribution is -2.14. The smallest absolute Gasteiger partial charge is 0.0345 e. The summed E-state index contributed by atoms with van der Waals surface area (Å²) >= 11 is 0. The maximum Gasteiger partial charge on any atom is 0.0345 e. The third-order valence-electron chi connectivity index (χ3n) is 4.25. The van der Waals surface area contributed by atoms with Gasteiger partial charge >= 0.3 is 0 Å². The standard InChI is InChI=1S/C20H16.4C2H6/c1-2-8-15(9-3-1)20-18-12-6-4-10-16(18)14-17-11-5-7-13-19(17)20;4*1-2/h1-13,20H,14H2;4*1-2H3. The molecule has 0 saturated carbocycles. The molecule has 28 heavy (non-hydrogen) atoms. The number of benzene rings is 3. The van der Waals surface area contributed by atoms with Crippen molar-refractivity contribution in [2.75, 3.05) is 0 Å². The normalized spacial score (nSPS) is 10.6. The van der Waals surface area contributed by atoms with Crippen molar-refractivity contribution in [1.82, 2.24) is 0 Å². The Bertz CT molecular complexity index is 695. The molecule has 0 fully saturated rings. The van der Waals surface area contributed by atoms with Gasteiger partial charge in [0, 0.05) is 5.92 Å². The van der Waals surface area contributed by atoms with Gasteiger partial charge in [-0.05, 0) is 34.2 Å². The lowest BCUT2D eigenvalue weighted by molar-refractivity contribution is 0.885. The molecule has 4 rings (SSSR count). The van der Waals surface area contributed by atoms with Crippen molar-refractivity contribution >= 4 is 0 Å². The molecule has 0 saturated heterocycles. The molecular weight excluding hydrogens is 336 g/mol. The van der Waals surface area contributed by atoms with E-state index in [0.29, 0.717) is 5.92 Å². The van der Waals surface area contributed by atoms with Gasteiger partial charge in [-0.2, -0.15) is 0 Å². The van der Waals surface area contributed by atoms with Crippen LogP contribution in [0.15, 0.2) is 78.9 Å². The zero-order valence-corrected chi connectivity index (χ0v) is 19.3. The van der Waals surface area contributed by atoms with E-state index in [1.165, 1.54) is 27.8 Å². The van der Waals surface area contributed by atoms with Crippen LogP contribution in [-0.4, -0.2) is 0 Å². The molecule has 0 aliphatic heterocycles. The fourth-order valence-electron chi connectivity index (χ4n) is 3.33. The van der Waals surface area contributed by atoms with E-state index in [0.717, 1.165) is 6.42 Å². The van der Waals surface area contributed by atoms with Gasteiger partial charge in [-0.25, -0.2) is 0 Å². The minimum absolute atomic E-state index is 0.373. The van der Waals surface area contributed by atoms with E-state index >= 15 is 0 Å². The van der Waals surface area contributed by atoms with Crippen molar-refractivity contribution < 1.29 is 0 Å². The molecule has 0 nitrogen and oxygen atoms in total. The first kappa shape index (κ1) is 25.7. The van der Waals surface area contributed by atoms with Gasteiger partial charge in [-0.1, -0.05) is 134 Å². The number of hydrogen-bond donors (Lipinski definition) is 0. The SMILES string of the molecule is CC.CC.CC.CC.c1ccc(C2c3ccccc3Cc3ccccc32)cc1. The van der Waals surface area contributed by atoms with E-state index in [1.807, 2.05) is 55.4 Å². The summed E-state index contributed by atoms with van der Waals surface area (Å²) in [7, 11) is 0. The van der Waals surface area contributed by atoms with Crippen LogP contribution in [0.5, 0.6) is 0 Å². The minimum Gasteiger partial charge on any atom is -0.0683 e. The van der Waals surface area contributed by atoms with Crippen molar-refractivity contribution in [2.45, 2.75) is 67.7 Å². The van der Waals surface area contributed by atoms with Gasteiger partial charge in [-0.3, -0.25) is 0 Å². The Hall–Kier alpha value is -2.34. The molecule has 1 aliphatic carbocycles. The van der Waals surface area contributed by atoms with Crippen LogP contribution < -0.4 is 0 Å². The Morgan fingerprint density at radius 2 is 0.821 bits per heavy atom. The second-order valence-corrected chi connectivity index (χ2v) is 5.42. The Kier molecular flexibility index (Phi) is 14.4. The number of hydrogen-bond acceptors (Lipinski definition) is 0. The first-order valence-corrected chi connectivity index (χ1v) is 11.1. The van der Waals surface area contributed by atoms with Crippen molar-refractivity contribution in [1.29, 1.82) is 0 Å². The van der Waals surface area contributed by atoms with Crippen LogP contribution in [0.1, 0.15) is 89.1 Å². The molecular formula is C28H40. The number of rotatable bonds is 1. The average Bonchev–Trinajstić information content (AvgIpc) is 2.83. The summed E-state index contributed by atoms with van der Waals surface area (Å²) in [4.78, 5) is 0. The molecule has 0 heteroatoms. The Balaban J connectivity index is 0.000000818. The van der Waals surface area contributed by atoms with Crippen LogP contribution >= 0.6 is 0 Å². The van der Waals surface area contributed by atoms with Crippen molar-refractivity contribution in [3.63, 3.8) is 0 Å². The maximum atomic E-state index is 2.28. The van der Waals surface area contributed by atoms with E-state index in [1.54, 1.807) is 0 Å². The lowest BCUT2D eigenvalue weighted by atomic mass is 9.75. The molecule has 0 bridgehead atoms. The van der Waals surface area contributed by atoms with Gasteiger partial charge in [0.2, 0.25) is 0 Å². The third-order valence-corrected chi connectivity index (χ3v) is 4.25. The van der Waals surface area contributed by atoms with Gasteiger partial charge < -0.3 is 0 Å². The molecule has 0 radical (unpaired) electrons.